The lowest BCUT2D eigenvalue weighted by Gasteiger charge is -2.08. The molecular formula is C16H27N3O2. The maximum atomic E-state index is 12.0. The third kappa shape index (κ3) is 7.66. The van der Waals surface area contributed by atoms with Gasteiger partial charge in [-0.15, -0.1) is 0 Å². The molecule has 0 saturated carbocycles. The van der Waals surface area contributed by atoms with Crippen LogP contribution in [-0.4, -0.2) is 37.2 Å². The Morgan fingerprint density at radius 1 is 1.33 bits per heavy atom. The number of pyridine rings is 1. The van der Waals surface area contributed by atoms with Crippen molar-refractivity contribution >= 4 is 11.7 Å². The first-order valence-corrected chi connectivity index (χ1v) is 7.70. The molecule has 118 valence electrons. The van der Waals surface area contributed by atoms with Crippen LogP contribution >= 0.6 is 0 Å². The summed E-state index contributed by atoms with van der Waals surface area (Å²) in [7, 11) is 0. The van der Waals surface area contributed by atoms with E-state index >= 15 is 0 Å². The lowest BCUT2D eigenvalue weighted by molar-refractivity contribution is 0.0920. The minimum Gasteiger partial charge on any atom is -0.381 e. The zero-order chi connectivity index (χ0) is 15.5. The van der Waals surface area contributed by atoms with Gasteiger partial charge in [0.1, 0.15) is 11.5 Å². The maximum Gasteiger partial charge on any atom is 0.269 e. The molecule has 2 N–H and O–H groups in total. The van der Waals surface area contributed by atoms with Gasteiger partial charge in [0.15, 0.2) is 0 Å². The molecule has 5 nitrogen and oxygen atoms in total. The van der Waals surface area contributed by atoms with E-state index in [2.05, 4.69) is 36.4 Å². The highest BCUT2D eigenvalue weighted by molar-refractivity contribution is 5.92. The molecule has 0 aliphatic rings. The molecule has 1 aromatic rings. The van der Waals surface area contributed by atoms with Crippen molar-refractivity contribution in [2.45, 2.75) is 33.6 Å². The molecule has 1 aromatic heterocycles. The number of nitrogens with one attached hydrogen (secondary N) is 2. The molecule has 0 aromatic carbocycles. The number of hydrogen-bond acceptors (Lipinski definition) is 4. The van der Waals surface area contributed by atoms with E-state index < -0.39 is 0 Å². The van der Waals surface area contributed by atoms with Crippen molar-refractivity contribution in [3.8, 4) is 0 Å². The monoisotopic (exact) mass is 293 g/mol. The summed E-state index contributed by atoms with van der Waals surface area (Å²) in [6, 6.07) is 5.43. The summed E-state index contributed by atoms with van der Waals surface area (Å²) in [6.45, 7) is 9.21. The largest absolute Gasteiger partial charge is 0.381 e. The van der Waals surface area contributed by atoms with Gasteiger partial charge in [-0.05, 0) is 30.9 Å². The number of carbonyl (C=O) groups is 1. The zero-order valence-electron chi connectivity index (χ0n) is 13.3. The van der Waals surface area contributed by atoms with Crippen molar-refractivity contribution in [3.63, 3.8) is 0 Å². The molecule has 5 heteroatoms. The highest BCUT2D eigenvalue weighted by atomic mass is 16.5. The first kappa shape index (κ1) is 17.4. The van der Waals surface area contributed by atoms with Gasteiger partial charge >= 0.3 is 0 Å². The van der Waals surface area contributed by atoms with Crippen LogP contribution in [0, 0.1) is 5.92 Å². The van der Waals surface area contributed by atoms with Crippen LogP contribution in [0.5, 0.6) is 0 Å². The van der Waals surface area contributed by atoms with Gasteiger partial charge in [-0.2, -0.15) is 0 Å². The van der Waals surface area contributed by atoms with Crippen LogP contribution in [0.15, 0.2) is 18.2 Å². The Kier molecular flexibility index (Phi) is 8.43. The number of hydrogen-bond donors (Lipinski definition) is 2. The van der Waals surface area contributed by atoms with E-state index in [1.165, 1.54) is 0 Å². The van der Waals surface area contributed by atoms with Crippen LogP contribution in [-0.2, 0) is 4.74 Å². The van der Waals surface area contributed by atoms with Crippen LogP contribution in [0.4, 0.5) is 5.82 Å². The van der Waals surface area contributed by atoms with E-state index in [0.717, 1.165) is 31.8 Å². The number of aromatic nitrogens is 1. The van der Waals surface area contributed by atoms with Gasteiger partial charge < -0.3 is 15.4 Å². The van der Waals surface area contributed by atoms with Gasteiger partial charge in [0.25, 0.3) is 5.91 Å². The lowest BCUT2D eigenvalue weighted by atomic mass is 10.2. The highest BCUT2D eigenvalue weighted by Gasteiger charge is 2.07. The average molecular weight is 293 g/mol. The molecule has 0 bridgehead atoms. The Balaban J connectivity index is 2.28. The predicted octanol–water partition coefficient (Wildman–Crippen LogP) is 2.70. The van der Waals surface area contributed by atoms with E-state index in [4.69, 9.17) is 4.74 Å². The fraction of sp³-hybridized carbons (Fsp3) is 0.625. The summed E-state index contributed by atoms with van der Waals surface area (Å²) in [5, 5.41) is 6.03. The van der Waals surface area contributed by atoms with Gasteiger partial charge in [0, 0.05) is 26.3 Å². The van der Waals surface area contributed by atoms with Crippen molar-refractivity contribution in [1.82, 2.24) is 10.3 Å². The van der Waals surface area contributed by atoms with Gasteiger partial charge in [-0.3, -0.25) is 4.79 Å². The van der Waals surface area contributed by atoms with Crippen molar-refractivity contribution in [3.05, 3.63) is 23.9 Å². The predicted molar refractivity (Wildman–Crippen MR) is 85.6 cm³/mol. The van der Waals surface area contributed by atoms with Crippen molar-refractivity contribution in [2.75, 3.05) is 31.6 Å². The zero-order valence-corrected chi connectivity index (χ0v) is 13.3. The van der Waals surface area contributed by atoms with Crippen molar-refractivity contribution < 1.29 is 9.53 Å². The Hall–Kier alpha value is -1.62. The first-order valence-electron chi connectivity index (χ1n) is 7.70. The SMILES string of the molecule is CCCNc1cccc(C(=O)NCCCOCC(C)C)n1. The second kappa shape index (κ2) is 10.2. The number of carbonyl (C=O) groups excluding carboxylic acids is 1. The molecule has 0 aliphatic heterocycles. The number of anilines is 1. The van der Waals surface area contributed by atoms with Gasteiger partial charge in [-0.1, -0.05) is 26.8 Å². The van der Waals surface area contributed by atoms with Crippen LogP contribution < -0.4 is 10.6 Å². The molecule has 0 fully saturated rings. The van der Waals surface area contributed by atoms with E-state index in [0.29, 0.717) is 24.8 Å². The third-order valence-corrected chi connectivity index (χ3v) is 2.74. The Labute approximate surface area is 127 Å². The van der Waals surface area contributed by atoms with Crippen molar-refractivity contribution in [1.29, 1.82) is 0 Å². The van der Waals surface area contributed by atoms with E-state index in [-0.39, 0.29) is 5.91 Å². The standard InChI is InChI=1S/C16H27N3O2/c1-4-9-17-15-8-5-7-14(19-15)16(20)18-10-6-11-21-12-13(2)3/h5,7-8,13H,4,6,9-12H2,1-3H3,(H,17,19)(H,18,20). The summed E-state index contributed by atoms with van der Waals surface area (Å²) >= 11 is 0. The van der Waals surface area contributed by atoms with Crippen LogP contribution in [0.3, 0.4) is 0 Å². The molecule has 1 amide bonds. The third-order valence-electron chi connectivity index (χ3n) is 2.74. The molecule has 0 unspecified atom stereocenters. The van der Waals surface area contributed by atoms with Crippen LogP contribution in [0.25, 0.3) is 0 Å². The first-order chi connectivity index (χ1) is 10.1. The number of ether oxygens (including phenoxy) is 1. The molecule has 1 rings (SSSR count). The normalized spacial score (nSPS) is 10.7. The molecule has 0 spiro atoms. The molecule has 0 atom stereocenters. The second-order valence-electron chi connectivity index (χ2n) is 5.41. The highest BCUT2D eigenvalue weighted by Crippen LogP contribution is 2.04. The van der Waals surface area contributed by atoms with Crippen LogP contribution in [0.1, 0.15) is 44.1 Å². The average Bonchev–Trinajstić information content (AvgIpc) is 2.48. The fourth-order valence-corrected chi connectivity index (χ4v) is 1.70. The molecule has 0 saturated heterocycles. The lowest BCUT2D eigenvalue weighted by Crippen LogP contribution is -2.26. The number of amides is 1. The van der Waals surface area contributed by atoms with E-state index in [1.807, 2.05) is 12.1 Å². The molecule has 0 aliphatic carbocycles. The molecule has 1 heterocycles. The Bertz CT molecular complexity index is 422. The fourth-order valence-electron chi connectivity index (χ4n) is 1.70. The smallest absolute Gasteiger partial charge is 0.269 e. The molecule has 21 heavy (non-hydrogen) atoms. The number of nitrogens with zero attached hydrogens (tertiary/aromatic N) is 1. The van der Waals surface area contributed by atoms with Gasteiger partial charge in [0.2, 0.25) is 0 Å². The minimum absolute atomic E-state index is 0.140. The molecular weight excluding hydrogens is 266 g/mol. The summed E-state index contributed by atoms with van der Waals surface area (Å²) in [5.41, 5.74) is 0.444. The second-order valence-corrected chi connectivity index (χ2v) is 5.41. The van der Waals surface area contributed by atoms with Crippen molar-refractivity contribution in [2.24, 2.45) is 5.92 Å². The summed E-state index contributed by atoms with van der Waals surface area (Å²) in [6.07, 6.45) is 1.83. The summed E-state index contributed by atoms with van der Waals surface area (Å²) in [5.74, 6) is 1.14. The Morgan fingerprint density at radius 2 is 2.14 bits per heavy atom. The quantitative estimate of drug-likeness (QED) is 0.651. The summed E-state index contributed by atoms with van der Waals surface area (Å²) in [4.78, 5) is 16.3. The van der Waals surface area contributed by atoms with Gasteiger partial charge in [0.05, 0.1) is 0 Å². The summed E-state index contributed by atoms with van der Waals surface area (Å²) < 4.78 is 5.47. The van der Waals surface area contributed by atoms with Crippen LogP contribution in [0.2, 0.25) is 0 Å². The Morgan fingerprint density at radius 3 is 2.86 bits per heavy atom. The maximum absolute atomic E-state index is 12.0. The topological polar surface area (TPSA) is 63.2 Å². The van der Waals surface area contributed by atoms with E-state index in [9.17, 15) is 4.79 Å². The van der Waals surface area contributed by atoms with Gasteiger partial charge in [-0.25, -0.2) is 4.98 Å². The molecule has 0 radical (unpaired) electrons. The number of rotatable bonds is 10. The van der Waals surface area contributed by atoms with E-state index in [1.54, 1.807) is 6.07 Å². The minimum atomic E-state index is -0.140.